The summed E-state index contributed by atoms with van der Waals surface area (Å²) in [7, 11) is 0. The maximum Gasteiger partial charge on any atom is 0.0508 e. The van der Waals surface area contributed by atoms with Crippen LogP contribution < -0.4 is 10.6 Å². The van der Waals surface area contributed by atoms with E-state index in [1.54, 1.807) is 5.57 Å². The number of hydrogen-bond donors (Lipinski definition) is 2. The van der Waals surface area contributed by atoms with Crippen LogP contribution in [0, 0.1) is 5.92 Å². The Kier molecular flexibility index (Phi) is 5.96. The number of nitrogens with zero attached hydrogens (tertiary/aromatic N) is 1. The number of anilines is 1. The van der Waals surface area contributed by atoms with Crippen molar-refractivity contribution < 1.29 is 0 Å². The van der Waals surface area contributed by atoms with Crippen molar-refractivity contribution in [3.63, 3.8) is 0 Å². The van der Waals surface area contributed by atoms with Gasteiger partial charge in [-0.1, -0.05) is 48.6 Å². The van der Waals surface area contributed by atoms with Gasteiger partial charge in [0.2, 0.25) is 0 Å². The highest BCUT2D eigenvalue weighted by atomic mass is 32.1. The number of hydrogen-bond acceptors (Lipinski definition) is 4. The maximum absolute atomic E-state index is 4.45. The summed E-state index contributed by atoms with van der Waals surface area (Å²) >= 11 is 1.87. The van der Waals surface area contributed by atoms with Crippen LogP contribution in [0.1, 0.15) is 43.9 Å². The van der Waals surface area contributed by atoms with Gasteiger partial charge in [0.25, 0.3) is 0 Å². The number of fused-ring (bicyclic) bond motifs is 4. The van der Waals surface area contributed by atoms with E-state index < -0.39 is 0 Å². The number of piperidine rings is 3. The molecule has 0 radical (unpaired) electrons. The molecular weight excluding hydrogens is 434 g/mol. The van der Waals surface area contributed by atoms with Crippen LogP contribution in [0.15, 0.2) is 66.8 Å². The number of allylic oxidation sites excluding steroid dienone is 1. The molecule has 176 valence electrons. The van der Waals surface area contributed by atoms with Crippen molar-refractivity contribution in [1.29, 1.82) is 0 Å². The van der Waals surface area contributed by atoms with Gasteiger partial charge < -0.3 is 15.5 Å². The van der Waals surface area contributed by atoms with E-state index in [4.69, 9.17) is 0 Å². The summed E-state index contributed by atoms with van der Waals surface area (Å²) in [5.74, 6) is 0.796. The lowest BCUT2D eigenvalue weighted by molar-refractivity contribution is 0.0802. The lowest BCUT2D eigenvalue weighted by Gasteiger charge is -2.45. The molecule has 4 heteroatoms. The Morgan fingerprint density at radius 3 is 2.74 bits per heavy atom. The Morgan fingerprint density at radius 1 is 1.12 bits per heavy atom. The molecule has 34 heavy (non-hydrogen) atoms. The molecule has 2 N–H and O–H groups in total. The second kappa shape index (κ2) is 9.24. The fraction of sp³-hybridized carbons (Fsp3) is 0.400. The topological polar surface area (TPSA) is 27.3 Å². The average Bonchev–Trinajstić information content (AvgIpc) is 3.55. The van der Waals surface area contributed by atoms with Crippen LogP contribution in [-0.2, 0) is 0 Å². The van der Waals surface area contributed by atoms with E-state index in [0.717, 1.165) is 18.2 Å². The summed E-state index contributed by atoms with van der Waals surface area (Å²) < 4.78 is 1.35. The van der Waals surface area contributed by atoms with Gasteiger partial charge in [-0.05, 0) is 92.7 Å². The van der Waals surface area contributed by atoms with Crippen LogP contribution in [0.25, 0.3) is 26.9 Å². The monoisotopic (exact) mass is 469 g/mol. The highest BCUT2D eigenvalue weighted by Gasteiger charge is 2.34. The molecule has 3 saturated heterocycles. The minimum absolute atomic E-state index is 0.391. The van der Waals surface area contributed by atoms with Crippen molar-refractivity contribution in [2.45, 2.75) is 51.1 Å². The molecule has 0 spiro atoms. The van der Waals surface area contributed by atoms with Gasteiger partial charge in [-0.3, -0.25) is 0 Å². The zero-order valence-corrected chi connectivity index (χ0v) is 21.0. The van der Waals surface area contributed by atoms with Crippen LogP contribution in [0.3, 0.4) is 0 Å². The molecule has 1 aliphatic carbocycles. The first-order valence-corrected chi connectivity index (χ1v) is 13.7. The molecule has 3 fully saturated rings. The zero-order valence-electron chi connectivity index (χ0n) is 20.1. The summed E-state index contributed by atoms with van der Waals surface area (Å²) in [6.07, 6.45) is 8.80. The van der Waals surface area contributed by atoms with Crippen LogP contribution in [0.5, 0.6) is 0 Å². The SMILES string of the molecule is C=C(NC1CN2CCC1CC2)c1cc2cccc(-c3cccc(NC(C)C4=CCCC4)c3)c2s1. The Bertz CT molecular complexity index is 1230. The van der Waals surface area contributed by atoms with Crippen molar-refractivity contribution in [3.05, 3.63) is 71.6 Å². The van der Waals surface area contributed by atoms with E-state index in [9.17, 15) is 0 Å². The van der Waals surface area contributed by atoms with Gasteiger partial charge in [-0.15, -0.1) is 11.3 Å². The normalized spacial score (nSPS) is 24.7. The smallest absolute Gasteiger partial charge is 0.0508 e. The molecule has 4 aliphatic rings. The minimum atomic E-state index is 0.391. The molecule has 3 nitrogen and oxygen atoms in total. The van der Waals surface area contributed by atoms with Crippen LogP contribution in [0.2, 0.25) is 0 Å². The summed E-state index contributed by atoms with van der Waals surface area (Å²) in [5, 5.41) is 8.84. The first-order chi connectivity index (χ1) is 16.6. The van der Waals surface area contributed by atoms with Gasteiger partial charge in [-0.2, -0.15) is 0 Å². The number of rotatable bonds is 7. The van der Waals surface area contributed by atoms with Crippen molar-refractivity contribution in [2.75, 3.05) is 25.0 Å². The summed E-state index contributed by atoms with van der Waals surface area (Å²) in [4.78, 5) is 3.86. The molecule has 0 amide bonds. The Hall–Kier alpha value is -2.56. The Balaban J connectivity index is 1.24. The number of thiophene rings is 1. The molecule has 2 aromatic carbocycles. The zero-order chi connectivity index (χ0) is 23.1. The summed E-state index contributed by atoms with van der Waals surface area (Å²) in [6, 6.07) is 18.8. The largest absolute Gasteiger partial charge is 0.380 e. The van der Waals surface area contributed by atoms with E-state index in [1.807, 2.05) is 11.3 Å². The maximum atomic E-state index is 4.45. The molecule has 1 aromatic heterocycles. The predicted molar refractivity (Wildman–Crippen MR) is 147 cm³/mol. The van der Waals surface area contributed by atoms with E-state index in [0.29, 0.717) is 12.1 Å². The molecule has 2 atom stereocenters. The Morgan fingerprint density at radius 2 is 1.97 bits per heavy atom. The Labute approximate surface area is 207 Å². The third-order valence-corrected chi connectivity index (χ3v) is 9.29. The molecule has 2 unspecified atom stereocenters. The molecule has 3 aliphatic heterocycles. The van der Waals surface area contributed by atoms with Gasteiger partial charge in [0.15, 0.2) is 0 Å². The van der Waals surface area contributed by atoms with Crippen LogP contribution >= 0.6 is 11.3 Å². The standard InChI is InChI=1S/C30H35N3S/c1-20(22-7-3-4-8-22)31-26-11-5-9-24(17-26)27-12-6-10-25-18-29(34-30(25)27)21(2)32-28-19-33-15-13-23(28)14-16-33/h5-7,9-12,17-18,20,23,28,31-32H,2-4,8,13-16,19H2,1H3. The van der Waals surface area contributed by atoms with Gasteiger partial charge in [-0.25, -0.2) is 0 Å². The predicted octanol–water partition coefficient (Wildman–Crippen LogP) is 7.13. The van der Waals surface area contributed by atoms with E-state index in [-0.39, 0.29) is 0 Å². The van der Waals surface area contributed by atoms with Crippen molar-refractivity contribution in [3.8, 4) is 11.1 Å². The molecule has 3 aromatic rings. The van der Waals surface area contributed by atoms with E-state index in [1.165, 1.54) is 77.0 Å². The molecule has 0 saturated carbocycles. The first-order valence-electron chi connectivity index (χ1n) is 12.9. The fourth-order valence-corrected chi connectivity index (χ4v) is 7.20. The van der Waals surface area contributed by atoms with Gasteiger partial charge >= 0.3 is 0 Å². The fourth-order valence-electron chi connectivity index (χ4n) is 6.07. The molecular formula is C30H35N3S. The minimum Gasteiger partial charge on any atom is -0.380 e. The van der Waals surface area contributed by atoms with Gasteiger partial charge in [0.05, 0.1) is 4.88 Å². The third-order valence-electron chi connectivity index (χ3n) is 8.05. The first kappa shape index (κ1) is 21.9. The van der Waals surface area contributed by atoms with Crippen molar-refractivity contribution >= 4 is 32.8 Å². The summed E-state index contributed by atoms with van der Waals surface area (Å²) in [6.45, 7) is 10.4. The van der Waals surface area contributed by atoms with Crippen molar-refractivity contribution in [1.82, 2.24) is 10.2 Å². The molecule has 7 rings (SSSR count). The van der Waals surface area contributed by atoms with E-state index in [2.05, 4.69) is 83.6 Å². The average molecular weight is 470 g/mol. The molecule has 2 bridgehead atoms. The van der Waals surface area contributed by atoms with Crippen molar-refractivity contribution in [2.24, 2.45) is 5.92 Å². The number of nitrogens with one attached hydrogen (secondary N) is 2. The number of benzene rings is 2. The van der Waals surface area contributed by atoms with Crippen LogP contribution in [0.4, 0.5) is 5.69 Å². The van der Waals surface area contributed by atoms with E-state index >= 15 is 0 Å². The van der Waals surface area contributed by atoms with Gasteiger partial charge in [0.1, 0.15) is 0 Å². The third kappa shape index (κ3) is 4.30. The second-order valence-corrected chi connectivity index (χ2v) is 11.4. The molecule has 4 heterocycles. The summed E-state index contributed by atoms with van der Waals surface area (Å²) in [5.41, 5.74) is 6.40. The highest BCUT2D eigenvalue weighted by molar-refractivity contribution is 7.20. The quantitative estimate of drug-likeness (QED) is 0.360. The lowest BCUT2D eigenvalue weighted by Crippen LogP contribution is -2.55. The van der Waals surface area contributed by atoms with Gasteiger partial charge in [0, 0.05) is 34.7 Å². The lowest BCUT2D eigenvalue weighted by atomic mass is 9.84. The van der Waals surface area contributed by atoms with Crippen LogP contribution in [-0.4, -0.2) is 36.6 Å². The highest BCUT2D eigenvalue weighted by Crippen LogP contribution is 2.38. The second-order valence-electron chi connectivity index (χ2n) is 10.3.